The molecule has 21 heavy (non-hydrogen) atoms. The van der Waals surface area contributed by atoms with Gasteiger partial charge < -0.3 is 4.74 Å². The molecule has 0 saturated heterocycles. The van der Waals surface area contributed by atoms with Crippen molar-refractivity contribution in [3.8, 4) is 0 Å². The topological polar surface area (TPSA) is 50.1 Å². The highest BCUT2D eigenvalue weighted by molar-refractivity contribution is 5.77. The molecule has 0 amide bonds. The molecule has 1 radical (unpaired) electrons. The summed E-state index contributed by atoms with van der Waals surface area (Å²) in [5.41, 5.74) is 8.54. The van der Waals surface area contributed by atoms with E-state index in [-0.39, 0.29) is 12.5 Å². The van der Waals surface area contributed by atoms with Gasteiger partial charge in [0.2, 0.25) is 0 Å². The number of rotatable bonds is 6. The van der Waals surface area contributed by atoms with Crippen LogP contribution in [0.15, 0.2) is 30.3 Å². The minimum atomic E-state index is -0.525. The molecule has 0 spiro atoms. The fourth-order valence-corrected chi connectivity index (χ4v) is 3.10. The van der Waals surface area contributed by atoms with Crippen molar-refractivity contribution < 1.29 is 9.53 Å². The second-order valence-corrected chi connectivity index (χ2v) is 6.10. The summed E-state index contributed by atoms with van der Waals surface area (Å²) in [6.45, 7) is 0.639. The minimum absolute atomic E-state index is 0.132. The van der Waals surface area contributed by atoms with Crippen molar-refractivity contribution in [1.29, 1.82) is 0 Å². The van der Waals surface area contributed by atoms with Crippen molar-refractivity contribution in [1.82, 2.24) is 5.73 Å². The smallest absolute Gasteiger partial charge is 0.313 e. The lowest BCUT2D eigenvalue weighted by molar-refractivity contribution is -0.156. The van der Waals surface area contributed by atoms with Crippen LogP contribution in [-0.4, -0.2) is 19.1 Å². The summed E-state index contributed by atoms with van der Waals surface area (Å²) >= 11 is 0. The molecule has 1 aliphatic rings. The zero-order chi connectivity index (χ0) is 15.0. The minimum Gasteiger partial charge on any atom is -0.465 e. The Labute approximate surface area is 127 Å². The molecular weight excluding hydrogens is 262 g/mol. The molecule has 0 aromatic heterocycles. The maximum absolute atomic E-state index is 12.4. The van der Waals surface area contributed by atoms with Gasteiger partial charge >= 0.3 is 5.97 Å². The van der Waals surface area contributed by atoms with E-state index in [1.807, 2.05) is 18.2 Å². The van der Waals surface area contributed by atoms with E-state index in [0.717, 1.165) is 38.5 Å². The van der Waals surface area contributed by atoms with Gasteiger partial charge in [-0.1, -0.05) is 56.0 Å². The Kier molecular flexibility index (Phi) is 6.24. The summed E-state index contributed by atoms with van der Waals surface area (Å²) in [4.78, 5) is 12.4. The van der Waals surface area contributed by atoms with E-state index in [2.05, 4.69) is 12.1 Å². The van der Waals surface area contributed by atoms with E-state index in [0.29, 0.717) is 6.61 Å². The van der Waals surface area contributed by atoms with Crippen LogP contribution in [0.3, 0.4) is 0 Å². The molecule has 1 aromatic carbocycles. The number of carbonyl (C=O) groups excluding carboxylic acids is 1. The molecule has 3 nitrogen and oxygen atoms in total. The van der Waals surface area contributed by atoms with Gasteiger partial charge in [0.15, 0.2) is 0 Å². The van der Waals surface area contributed by atoms with Crippen LogP contribution in [0.4, 0.5) is 0 Å². The summed E-state index contributed by atoms with van der Waals surface area (Å²) in [5.74, 6) is -0.132. The van der Waals surface area contributed by atoms with Gasteiger partial charge in [-0.05, 0) is 31.2 Å². The average Bonchev–Trinajstić information content (AvgIpc) is 2.79. The lowest BCUT2D eigenvalue weighted by Gasteiger charge is -2.28. The summed E-state index contributed by atoms with van der Waals surface area (Å²) in [6.07, 6.45) is 7.91. The fraction of sp³-hybridized carbons (Fsp3) is 0.611. The van der Waals surface area contributed by atoms with E-state index >= 15 is 0 Å². The highest BCUT2D eigenvalue weighted by Gasteiger charge is 2.38. The quantitative estimate of drug-likeness (QED) is 0.454. The van der Waals surface area contributed by atoms with Crippen molar-refractivity contribution in [2.45, 2.75) is 51.4 Å². The summed E-state index contributed by atoms with van der Waals surface area (Å²) in [6, 6.07) is 10.3. The van der Waals surface area contributed by atoms with Crippen LogP contribution in [0.5, 0.6) is 0 Å². The van der Waals surface area contributed by atoms with Crippen LogP contribution in [0, 0.1) is 5.41 Å². The van der Waals surface area contributed by atoms with E-state index in [4.69, 9.17) is 10.5 Å². The third kappa shape index (κ3) is 4.57. The second-order valence-electron chi connectivity index (χ2n) is 6.10. The molecular formula is C18H26NO2. The molecule has 0 atom stereocenters. The molecule has 115 valence electrons. The number of hydrogen-bond donors (Lipinski definition) is 0. The van der Waals surface area contributed by atoms with E-state index in [9.17, 15) is 4.79 Å². The second kappa shape index (κ2) is 8.18. The third-order valence-corrected chi connectivity index (χ3v) is 4.52. The lowest BCUT2D eigenvalue weighted by Crippen LogP contribution is -2.37. The van der Waals surface area contributed by atoms with Crippen LogP contribution >= 0.6 is 0 Å². The van der Waals surface area contributed by atoms with Gasteiger partial charge in [0.1, 0.15) is 0 Å². The Morgan fingerprint density at radius 3 is 2.38 bits per heavy atom. The molecule has 0 aliphatic heterocycles. The number of esters is 1. The van der Waals surface area contributed by atoms with E-state index in [1.165, 1.54) is 18.4 Å². The molecule has 0 unspecified atom stereocenters. The molecule has 0 bridgehead atoms. The molecule has 1 fully saturated rings. The monoisotopic (exact) mass is 288 g/mol. The first-order valence-electron chi connectivity index (χ1n) is 8.13. The third-order valence-electron chi connectivity index (χ3n) is 4.52. The first kappa shape index (κ1) is 16.0. The maximum atomic E-state index is 12.4. The molecule has 3 heteroatoms. The summed E-state index contributed by atoms with van der Waals surface area (Å²) in [5, 5.41) is 0. The van der Waals surface area contributed by atoms with Crippen molar-refractivity contribution >= 4 is 5.97 Å². The maximum Gasteiger partial charge on any atom is 0.313 e. The predicted molar refractivity (Wildman–Crippen MR) is 83.8 cm³/mol. The first-order chi connectivity index (χ1) is 10.3. The average molecular weight is 288 g/mol. The first-order valence-corrected chi connectivity index (χ1v) is 8.13. The van der Waals surface area contributed by atoms with Crippen LogP contribution in [0.25, 0.3) is 0 Å². The van der Waals surface area contributed by atoms with Crippen LogP contribution in [0.2, 0.25) is 0 Å². The molecule has 0 heterocycles. The molecule has 1 aliphatic carbocycles. The number of hydrogen-bond acceptors (Lipinski definition) is 2. The SMILES string of the molecule is [NH]CC1(C(=O)OCCCc2ccccc2)CCCCCC1. The number of carbonyl (C=O) groups is 1. The number of benzene rings is 1. The van der Waals surface area contributed by atoms with Gasteiger partial charge in [-0.2, -0.15) is 0 Å². The fourth-order valence-electron chi connectivity index (χ4n) is 3.10. The molecule has 1 N–H and O–H groups in total. The van der Waals surface area contributed by atoms with Crippen LogP contribution in [-0.2, 0) is 16.0 Å². The highest BCUT2D eigenvalue weighted by Crippen LogP contribution is 2.35. The largest absolute Gasteiger partial charge is 0.465 e. The molecule has 2 rings (SSSR count). The van der Waals surface area contributed by atoms with Crippen LogP contribution in [0.1, 0.15) is 50.5 Å². The summed E-state index contributed by atoms with van der Waals surface area (Å²) in [7, 11) is 0. The Bertz CT molecular complexity index is 422. The zero-order valence-corrected chi connectivity index (χ0v) is 12.8. The highest BCUT2D eigenvalue weighted by atomic mass is 16.5. The van der Waals surface area contributed by atoms with Gasteiger partial charge in [0.25, 0.3) is 0 Å². The van der Waals surface area contributed by atoms with Crippen molar-refractivity contribution in [3.05, 3.63) is 35.9 Å². The van der Waals surface area contributed by atoms with Gasteiger partial charge in [0.05, 0.1) is 12.0 Å². The number of aryl methyl sites for hydroxylation is 1. The Hall–Kier alpha value is -1.35. The Balaban J connectivity index is 1.77. The zero-order valence-electron chi connectivity index (χ0n) is 12.8. The van der Waals surface area contributed by atoms with Crippen molar-refractivity contribution in [2.75, 3.05) is 13.2 Å². The van der Waals surface area contributed by atoms with Gasteiger partial charge in [-0.15, -0.1) is 0 Å². The Morgan fingerprint density at radius 1 is 1.10 bits per heavy atom. The molecule has 1 saturated carbocycles. The normalized spacial score (nSPS) is 18.0. The standard InChI is InChI=1S/C18H26NO2/c19-15-18(12-6-1-2-7-13-18)17(20)21-14-8-11-16-9-4-3-5-10-16/h3-5,9-10,19H,1-2,6-8,11-15H2. The Morgan fingerprint density at radius 2 is 1.76 bits per heavy atom. The van der Waals surface area contributed by atoms with Gasteiger partial charge in [-0.3, -0.25) is 10.5 Å². The number of nitrogens with one attached hydrogen (secondary N) is 1. The van der Waals surface area contributed by atoms with Gasteiger partial charge in [-0.25, -0.2) is 0 Å². The lowest BCUT2D eigenvalue weighted by atomic mass is 9.80. The van der Waals surface area contributed by atoms with Crippen molar-refractivity contribution in [3.63, 3.8) is 0 Å². The summed E-state index contributed by atoms with van der Waals surface area (Å²) < 4.78 is 5.49. The number of ether oxygens (including phenoxy) is 1. The van der Waals surface area contributed by atoms with Gasteiger partial charge in [0, 0.05) is 6.54 Å². The van der Waals surface area contributed by atoms with E-state index in [1.54, 1.807) is 0 Å². The predicted octanol–water partition coefficient (Wildman–Crippen LogP) is 3.79. The molecule has 1 aromatic rings. The van der Waals surface area contributed by atoms with Crippen molar-refractivity contribution in [2.24, 2.45) is 5.41 Å². The van der Waals surface area contributed by atoms with Crippen LogP contribution < -0.4 is 5.73 Å². The van der Waals surface area contributed by atoms with E-state index < -0.39 is 5.41 Å².